The molecule has 140 valence electrons. The Bertz CT molecular complexity index is 718. The van der Waals surface area contributed by atoms with Crippen LogP contribution in [0.2, 0.25) is 0 Å². The molecule has 1 aliphatic carbocycles. The van der Waals surface area contributed by atoms with Gasteiger partial charge in [0.25, 0.3) is 0 Å². The normalized spacial score (nSPS) is 16.7. The van der Waals surface area contributed by atoms with Gasteiger partial charge in [-0.25, -0.2) is 8.78 Å². The van der Waals surface area contributed by atoms with Gasteiger partial charge in [-0.2, -0.15) is 15.0 Å². The average Bonchev–Trinajstić information content (AvgIpc) is 2.58. The van der Waals surface area contributed by atoms with Gasteiger partial charge in [0.1, 0.15) is 5.82 Å². The molecular formula is C19H25F2N5. The van der Waals surface area contributed by atoms with Gasteiger partial charge in [0.15, 0.2) is 12.0 Å². The van der Waals surface area contributed by atoms with Crippen LogP contribution in [0.1, 0.15) is 56.6 Å². The molecule has 0 unspecified atom stereocenters. The van der Waals surface area contributed by atoms with E-state index in [4.69, 9.17) is 5.73 Å². The Kier molecular flexibility index (Phi) is 5.96. The van der Waals surface area contributed by atoms with Gasteiger partial charge < -0.3 is 11.1 Å². The van der Waals surface area contributed by atoms with E-state index in [9.17, 15) is 8.78 Å². The molecule has 26 heavy (non-hydrogen) atoms. The minimum atomic E-state index is -1.25. The summed E-state index contributed by atoms with van der Waals surface area (Å²) in [4.78, 5) is 12.2. The van der Waals surface area contributed by atoms with Crippen molar-refractivity contribution in [2.24, 2.45) is 5.92 Å². The van der Waals surface area contributed by atoms with Crippen LogP contribution in [0.4, 0.5) is 20.7 Å². The van der Waals surface area contributed by atoms with Crippen molar-refractivity contribution in [3.63, 3.8) is 0 Å². The summed E-state index contributed by atoms with van der Waals surface area (Å²) >= 11 is 0. The summed E-state index contributed by atoms with van der Waals surface area (Å²) in [5.74, 6) is 0.740. The van der Waals surface area contributed by atoms with Gasteiger partial charge in [-0.15, -0.1) is 0 Å². The summed E-state index contributed by atoms with van der Waals surface area (Å²) in [5, 5.41) is 3.34. The first-order chi connectivity index (χ1) is 12.5. The smallest absolute Gasteiger partial charge is 0.228 e. The molecule has 1 aliphatic rings. The Hall–Kier alpha value is -2.31. The molecule has 1 aromatic heterocycles. The highest BCUT2D eigenvalue weighted by Gasteiger charge is 2.28. The fraction of sp³-hybridized carbons (Fsp3) is 0.526. The Morgan fingerprint density at radius 2 is 1.92 bits per heavy atom. The van der Waals surface area contributed by atoms with Crippen LogP contribution in [0.5, 0.6) is 0 Å². The second kappa shape index (κ2) is 8.38. The number of hydrogen-bond acceptors (Lipinski definition) is 5. The van der Waals surface area contributed by atoms with Crippen molar-refractivity contribution in [2.45, 2.75) is 57.7 Å². The second-order valence-corrected chi connectivity index (χ2v) is 6.86. The number of aryl methyl sites for hydroxylation is 1. The lowest BCUT2D eigenvalue weighted by Gasteiger charge is -2.34. The molecule has 1 aromatic carbocycles. The van der Waals surface area contributed by atoms with Crippen LogP contribution in [-0.4, -0.2) is 21.0 Å². The number of anilines is 2. The molecule has 1 fully saturated rings. The molecule has 0 spiro atoms. The molecular weight excluding hydrogens is 336 g/mol. The van der Waals surface area contributed by atoms with Crippen molar-refractivity contribution in [2.75, 3.05) is 11.1 Å². The lowest BCUT2D eigenvalue weighted by atomic mass is 9.78. The van der Waals surface area contributed by atoms with Crippen LogP contribution >= 0.6 is 0 Å². The predicted octanol–water partition coefficient (Wildman–Crippen LogP) is 4.23. The van der Waals surface area contributed by atoms with Crippen molar-refractivity contribution in [3.05, 3.63) is 41.5 Å². The Balaban J connectivity index is 1.70. The fourth-order valence-electron chi connectivity index (χ4n) is 3.20. The summed E-state index contributed by atoms with van der Waals surface area (Å²) < 4.78 is 27.0. The van der Waals surface area contributed by atoms with Crippen molar-refractivity contribution in [1.82, 2.24) is 15.0 Å². The highest BCUT2D eigenvalue weighted by Crippen LogP contribution is 2.33. The predicted molar refractivity (Wildman–Crippen MR) is 97.9 cm³/mol. The summed E-state index contributed by atoms with van der Waals surface area (Å²) in [5.41, 5.74) is 6.81. The summed E-state index contributed by atoms with van der Waals surface area (Å²) in [7, 11) is 0. The van der Waals surface area contributed by atoms with Crippen molar-refractivity contribution in [1.29, 1.82) is 0 Å². The maximum absolute atomic E-state index is 13.9. The largest absolute Gasteiger partial charge is 0.368 e. The summed E-state index contributed by atoms with van der Waals surface area (Å²) in [6.07, 6.45) is 4.24. The molecule has 3 rings (SSSR count). The van der Waals surface area contributed by atoms with Gasteiger partial charge >= 0.3 is 0 Å². The Morgan fingerprint density at radius 3 is 2.54 bits per heavy atom. The monoisotopic (exact) mass is 361 g/mol. The van der Waals surface area contributed by atoms with E-state index in [0.717, 1.165) is 31.2 Å². The third kappa shape index (κ3) is 4.65. The minimum absolute atomic E-state index is 0.0273. The van der Waals surface area contributed by atoms with Crippen LogP contribution in [-0.2, 0) is 6.42 Å². The van der Waals surface area contributed by atoms with Crippen molar-refractivity contribution < 1.29 is 8.78 Å². The molecule has 7 heteroatoms. The van der Waals surface area contributed by atoms with E-state index >= 15 is 0 Å². The highest BCUT2D eigenvalue weighted by atomic mass is 19.1. The Morgan fingerprint density at radius 1 is 1.19 bits per heavy atom. The first kappa shape index (κ1) is 18.5. The standard InChI is InChI=1S/C19H25F2N5/c1-2-15(21)17-24-18(22)26-19(25-17)23-16(13-4-3-5-13)11-8-12-6-9-14(20)10-7-12/h6-7,9-10,13,15-16H,2-5,8,11H2,1H3,(H3,22,23,24,25,26)/t15-,16+/m1/s1. The molecule has 0 aliphatic heterocycles. The number of nitrogen functional groups attached to an aromatic ring is 1. The third-order valence-corrected chi connectivity index (χ3v) is 5.00. The number of rotatable bonds is 8. The zero-order chi connectivity index (χ0) is 18.5. The number of alkyl halides is 1. The van der Waals surface area contributed by atoms with Gasteiger partial charge in [-0.05, 0) is 55.7 Å². The maximum atomic E-state index is 13.9. The van der Waals surface area contributed by atoms with Crippen LogP contribution in [0.3, 0.4) is 0 Å². The lowest BCUT2D eigenvalue weighted by molar-refractivity contribution is 0.265. The first-order valence-electron chi connectivity index (χ1n) is 9.21. The topological polar surface area (TPSA) is 76.7 Å². The van der Waals surface area contributed by atoms with Crippen LogP contribution in [0, 0.1) is 11.7 Å². The van der Waals surface area contributed by atoms with E-state index in [2.05, 4.69) is 20.3 Å². The van der Waals surface area contributed by atoms with Crippen LogP contribution < -0.4 is 11.1 Å². The average molecular weight is 361 g/mol. The van der Waals surface area contributed by atoms with Crippen LogP contribution in [0.15, 0.2) is 24.3 Å². The van der Waals surface area contributed by atoms with Crippen molar-refractivity contribution in [3.8, 4) is 0 Å². The van der Waals surface area contributed by atoms with E-state index in [1.54, 1.807) is 19.1 Å². The Labute approximate surface area is 152 Å². The van der Waals surface area contributed by atoms with E-state index in [0.29, 0.717) is 18.3 Å². The SMILES string of the molecule is CC[C@@H](F)c1nc(N)nc(N[C@@H](CCc2ccc(F)cc2)C2CCC2)n1. The molecule has 0 amide bonds. The number of hydrogen-bond donors (Lipinski definition) is 2. The molecule has 2 atom stereocenters. The fourth-order valence-corrected chi connectivity index (χ4v) is 3.20. The molecule has 1 saturated carbocycles. The van der Waals surface area contributed by atoms with Crippen LogP contribution in [0.25, 0.3) is 0 Å². The summed E-state index contributed by atoms with van der Waals surface area (Å²) in [6, 6.07) is 6.74. The molecule has 0 radical (unpaired) electrons. The zero-order valence-corrected chi connectivity index (χ0v) is 15.0. The number of nitrogens with one attached hydrogen (secondary N) is 1. The number of halogens is 2. The molecule has 2 aromatic rings. The minimum Gasteiger partial charge on any atom is -0.368 e. The number of aromatic nitrogens is 3. The van der Waals surface area contributed by atoms with Gasteiger partial charge in [-0.1, -0.05) is 25.5 Å². The molecule has 1 heterocycles. The second-order valence-electron chi connectivity index (χ2n) is 6.86. The number of nitrogens with zero attached hydrogens (tertiary/aromatic N) is 3. The van der Waals surface area contributed by atoms with E-state index in [-0.39, 0.29) is 23.6 Å². The quantitative estimate of drug-likeness (QED) is 0.736. The van der Waals surface area contributed by atoms with Gasteiger partial charge in [0, 0.05) is 6.04 Å². The molecule has 3 N–H and O–H groups in total. The lowest BCUT2D eigenvalue weighted by Crippen LogP contribution is -2.35. The van der Waals surface area contributed by atoms with E-state index < -0.39 is 6.17 Å². The van der Waals surface area contributed by atoms with Gasteiger partial charge in [0.2, 0.25) is 11.9 Å². The number of nitrogens with two attached hydrogens (primary N) is 1. The van der Waals surface area contributed by atoms with E-state index in [1.165, 1.54) is 18.6 Å². The molecule has 5 nitrogen and oxygen atoms in total. The first-order valence-corrected chi connectivity index (χ1v) is 9.21. The zero-order valence-electron chi connectivity index (χ0n) is 15.0. The number of benzene rings is 1. The van der Waals surface area contributed by atoms with E-state index in [1.807, 2.05) is 0 Å². The van der Waals surface area contributed by atoms with Gasteiger partial charge in [-0.3, -0.25) is 0 Å². The summed E-state index contributed by atoms with van der Waals surface area (Å²) in [6.45, 7) is 1.73. The van der Waals surface area contributed by atoms with Gasteiger partial charge in [0.05, 0.1) is 0 Å². The maximum Gasteiger partial charge on any atom is 0.228 e. The third-order valence-electron chi connectivity index (χ3n) is 5.00. The highest BCUT2D eigenvalue weighted by molar-refractivity contribution is 5.33. The van der Waals surface area contributed by atoms with Crippen molar-refractivity contribution >= 4 is 11.9 Å². The molecule has 0 bridgehead atoms. The molecule has 0 saturated heterocycles.